The van der Waals surface area contributed by atoms with Crippen molar-refractivity contribution < 1.29 is 4.79 Å². The molecule has 0 aromatic carbocycles. The highest BCUT2D eigenvalue weighted by atomic mass is 16.1. The number of Topliss-reactive ketones (excluding diaryl/α,β-unsaturated/α-hetero) is 1. The second-order valence-corrected chi connectivity index (χ2v) is 3.20. The third-order valence-corrected chi connectivity index (χ3v) is 1.93. The summed E-state index contributed by atoms with van der Waals surface area (Å²) in [6.45, 7) is 3.15. The van der Waals surface area contributed by atoms with E-state index in [0.717, 1.165) is 0 Å². The summed E-state index contributed by atoms with van der Waals surface area (Å²) in [5.74, 6) is 0.355. The van der Waals surface area contributed by atoms with Gasteiger partial charge in [0.15, 0.2) is 5.78 Å². The van der Waals surface area contributed by atoms with E-state index in [9.17, 15) is 4.79 Å². The Morgan fingerprint density at radius 3 is 2.69 bits per heavy atom. The van der Waals surface area contributed by atoms with Crippen molar-refractivity contribution in [1.82, 2.24) is 10.2 Å². The van der Waals surface area contributed by atoms with E-state index in [1.165, 1.54) is 6.92 Å². The van der Waals surface area contributed by atoms with Gasteiger partial charge in [-0.2, -0.15) is 0 Å². The Balaban J connectivity index is 2.69. The van der Waals surface area contributed by atoms with Crippen molar-refractivity contribution in [2.45, 2.75) is 26.1 Å². The Kier molecular flexibility index (Phi) is 2.65. The van der Waals surface area contributed by atoms with Crippen molar-refractivity contribution in [2.75, 3.05) is 7.05 Å². The lowest BCUT2D eigenvalue weighted by molar-refractivity contribution is -0.118. The van der Waals surface area contributed by atoms with Gasteiger partial charge in [-0.25, -0.2) is 0 Å². The summed E-state index contributed by atoms with van der Waals surface area (Å²) in [7, 11) is 1.83. The summed E-state index contributed by atoms with van der Waals surface area (Å²) in [5.41, 5.74) is 0. The molecule has 1 rings (SSSR count). The zero-order valence-corrected chi connectivity index (χ0v) is 8.03. The second-order valence-electron chi connectivity index (χ2n) is 3.20. The van der Waals surface area contributed by atoms with Gasteiger partial charge in [0.05, 0.1) is 12.2 Å². The fraction of sp³-hybridized carbons (Fsp3) is 0.625. The van der Waals surface area contributed by atoms with Gasteiger partial charge in [0.1, 0.15) is 12.2 Å². The number of carbonyl (C=O) groups excluding carboxylic acids is 1. The van der Waals surface area contributed by atoms with Crippen molar-refractivity contribution in [1.29, 1.82) is 5.41 Å². The molecule has 0 radical (unpaired) electrons. The van der Waals surface area contributed by atoms with Crippen molar-refractivity contribution in [3.05, 3.63) is 0 Å². The monoisotopic (exact) mass is 182 g/mol. The molecule has 1 aliphatic heterocycles. The molecular weight excluding hydrogens is 168 g/mol. The number of carbonyl (C=O) groups is 1. The minimum absolute atomic E-state index is 0.0133. The Hall–Kier alpha value is -1.39. The summed E-state index contributed by atoms with van der Waals surface area (Å²) in [4.78, 5) is 17.0. The van der Waals surface area contributed by atoms with Gasteiger partial charge in [-0.1, -0.05) is 0 Å². The van der Waals surface area contributed by atoms with Crippen LogP contribution < -0.4 is 5.32 Å². The van der Waals surface area contributed by atoms with Gasteiger partial charge in [0, 0.05) is 7.05 Å². The lowest BCUT2D eigenvalue weighted by atomic mass is 10.1. The largest absolute Gasteiger partial charge is 0.352 e. The molecule has 13 heavy (non-hydrogen) atoms. The zero-order chi connectivity index (χ0) is 10.0. The van der Waals surface area contributed by atoms with Crippen molar-refractivity contribution in [3.63, 3.8) is 0 Å². The number of nitrogens with one attached hydrogen (secondary N) is 2. The number of aliphatic imine (C=N–C) groups is 1. The van der Waals surface area contributed by atoms with Crippen molar-refractivity contribution >= 4 is 18.0 Å². The predicted molar refractivity (Wildman–Crippen MR) is 51.0 cm³/mol. The number of amidine groups is 1. The van der Waals surface area contributed by atoms with E-state index in [2.05, 4.69) is 10.3 Å². The van der Waals surface area contributed by atoms with Crippen LogP contribution in [0.15, 0.2) is 4.99 Å². The molecular formula is C8H14N4O. The minimum Gasteiger partial charge on any atom is -0.352 e. The van der Waals surface area contributed by atoms with Gasteiger partial charge >= 0.3 is 0 Å². The molecule has 0 aromatic rings. The van der Waals surface area contributed by atoms with Crippen LogP contribution in [0.3, 0.4) is 0 Å². The Labute approximate surface area is 77.3 Å². The molecule has 2 unspecified atom stereocenters. The first-order valence-corrected chi connectivity index (χ1v) is 4.09. The minimum atomic E-state index is -0.384. The van der Waals surface area contributed by atoms with E-state index in [0.29, 0.717) is 5.84 Å². The summed E-state index contributed by atoms with van der Waals surface area (Å²) in [5, 5.41) is 10.2. The fourth-order valence-electron chi connectivity index (χ4n) is 1.28. The lowest BCUT2D eigenvalue weighted by Crippen LogP contribution is -2.49. The molecule has 1 aliphatic rings. The Morgan fingerprint density at radius 1 is 1.62 bits per heavy atom. The van der Waals surface area contributed by atoms with E-state index < -0.39 is 0 Å². The van der Waals surface area contributed by atoms with Gasteiger partial charge in [-0.05, 0) is 13.8 Å². The Morgan fingerprint density at radius 2 is 2.23 bits per heavy atom. The van der Waals surface area contributed by atoms with E-state index in [4.69, 9.17) is 5.41 Å². The molecule has 0 fully saturated rings. The quantitative estimate of drug-likeness (QED) is 0.460. The molecule has 2 atom stereocenters. The highest BCUT2D eigenvalue weighted by Gasteiger charge is 2.31. The molecule has 72 valence electrons. The molecule has 0 spiro atoms. The van der Waals surface area contributed by atoms with Crippen LogP contribution in [0, 0.1) is 5.41 Å². The summed E-state index contributed by atoms with van der Waals surface area (Å²) in [6.07, 6.45) is 1.42. The van der Waals surface area contributed by atoms with E-state index in [1.54, 1.807) is 18.2 Å². The third-order valence-electron chi connectivity index (χ3n) is 1.93. The number of hydrogen-bond donors (Lipinski definition) is 2. The lowest BCUT2D eigenvalue weighted by Gasteiger charge is -2.24. The molecule has 0 aliphatic carbocycles. The van der Waals surface area contributed by atoms with Gasteiger partial charge < -0.3 is 10.2 Å². The molecule has 2 N–H and O–H groups in total. The zero-order valence-electron chi connectivity index (χ0n) is 8.03. The first-order chi connectivity index (χ1) is 6.02. The van der Waals surface area contributed by atoms with E-state index in [-0.39, 0.29) is 18.0 Å². The maximum absolute atomic E-state index is 11.1. The number of ketones is 1. The molecule has 0 bridgehead atoms. The highest BCUT2D eigenvalue weighted by molar-refractivity contribution is 5.87. The summed E-state index contributed by atoms with van der Waals surface area (Å²) < 4.78 is 0. The van der Waals surface area contributed by atoms with Gasteiger partial charge in [0.2, 0.25) is 0 Å². The summed E-state index contributed by atoms with van der Waals surface area (Å²) >= 11 is 0. The number of rotatable bonds is 2. The maximum Gasteiger partial charge on any atom is 0.158 e. The summed E-state index contributed by atoms with van der Waals surface area (Å²) in [6, 6.07) is -0.384. The van der Waals surface area contributed by atoms with Crippen LogP contribution >= 0.6 is 0 Å². The topological polar surface area (TPSA) is 68.5 Å². The average Bonchev–Trinajstić information content (AvgIpc) is 2.32. The normalized spacial score (nSPS) is 26.2. The van der Waals surface area contributed by atoms with Crippen molar-refractivity contribution in [2.24, 2.45) is 4.99 Å². The predicted octanol–water partition coefficient (Wildman–Crippen LogP) is -0.169. The van der Waals surface area contributed by atoms with Crippen LogP contribution in [0.5, 0.6) is 0 Å². The molecule has 5 nitrogen and oxygen atoms in total. The molecule has 0 saturated heterocycles. The van der Waals surface area contributed by atoms with Crippen LogP contribution in [0.1, 0.15) is 13.8 Å². The van der Waals surface area contributed by atoms with Crippen molar-refractivity contribution in [3.8, 4) is 0 Å². The highest BCUT2D eigenvalue weighted by Crippen LogP contribution is 2.10. The first kappa shape index (κ1) is 9.70. The second kappa shape index (κ2) is 3.55. The average molecular weight is 182 g/mol. The van der Waals surface area contributed by atoms with Gasteiger partial charge in [-0.15, -0.1) is 0 Å². The van der Waals surface area contributed by atoms with E-state index in [1.807, 2.05) is 7.05 Å². The molecule has 1 heterocycles. The van der Waals surface area contributed by atoms with E-state index >= 15 is 0 Å². The molecule has 5 heteroatoms. The molecule has 0 aromatic heterocycles. The smallest absolute Gasteiger partial charge is 0.158 e. The number of likely N-dealkylation sites (N-methyl/N-ethyl adjacent to an activating group) is 1. The SMILES string of the molecule is CC(=N)NC1C(C(C)=O)N=CN1C. The van der Waals surface area contributed by atoms with Crippen LogP contribution in [0.4, 0.5) is 0 Å². The first-order valence-electron chi connectivity index (χ1n) is 4.09. The number of hydrogen-bond acceptors (Lipinski definition) is 4. The number of nitrogens with zero attached hydrogens (tertiary/aromatic N) is 2. The van der Waals surface area contributed by atoms with Crippen LogP contribution in [-0.4, -0.2) is 42.1 Å². The molecule has 0 amide bonds. The van der Waals surface area contributed by atoms with Gasteiger partial charge in [-0.3, -0.25) is 15.2 Å². The van der Waals surface area contributed by atoms with Crippen LogP contribution in [0.2, 0.25) is 0 Å². The maximum atomic E-state index is 11.1. The van der Waals surface area contributed by atoms with Crippen LogP contribution in [-0.2, 0) is 4.79 Å². The fourth-order valence-corrected chi connectivity index (χ4v) is 1.28. The standard InChI is InChI=1S/C8H14N4O/c1-5(13)7-8(11-6(2)9)12(3)4-10-7/h4,7-8H,1-3H3,(H2,9,11). The van der Waals surface area contributed by atoms with Gasteiger partial charge in [0.25, 0.3) is 0 Å². The van der Waals surface area contributed by atoms with Crippen LogP contribution in [0.25, 0.3) is 0 Å². The third kappa shape index (κ3) is 2.05. The Bertz CT molecular complexity index is 261. The molecule has 0 saturated carbocycles.